The van der Waals surface area contributed by atoms with Crippen molar-refractivity contribution in [2.24, 2.45) is 11.7 Å². The number of carbonyl (C=O) groups is 2. The molecule has 0 saturated heterocycles. The molecule has 2 atom stereocenters. The number of nitrogens with two attached hydrogens (primary N) is 1. The molecule has 328 valence electrons. The van der Waals surface area contributed by atoms with Crippen LogP contribution in [0.25, 0.3) is 0 Å². The van der Waals surface area contributed by atoms with E-state index in [0.29, 0.717) is 12.2 Å². The predicted molar refractivity (Wildman–Crippen MR) is 261 cm³/mol. The molecule has 59 heavy (non-hydrogen) atoms. The monoisotopic (exact) mass is 911 g/mol. The number of allylic oxidation sites excluding steroid dienone is 10. The second kappa shape index (κ2) is 36.7. The summed E-state index contributed by atoms with van der Waals surface area (Å²) in [6.07, 6.45) is 26.9. The van der Waals surface area contributed by atoms with E-state index in [1.165, 1.54) is 47.7 Å². The maximum atomic E-state index is 12.1. The minimum absolute atomic E-state index is 0.153. The molecule has 0 radical (unpaired) electrons. The molecule has 2 aromatic rings. The highest BCUT2D eigenvalue weighted by Crippen LogP contribution is 2.18. The summed E-state index contributed by atoms with van der Waals surface area (Å²) in [6, 6.07) is 11.0. The molecule has 0 saturated carbocycles. The maximum absolute atomic E-state index is 12.1. The highest BCUT2D eigenvalue weighted by molar-refractivity contribution is 9.10. The molecule has 0 aromatic carbocycles. The van der Waals surface area contributed by atoms with Gasteiger partial charge in [0.2, 0.25) is 0 Å². The third kappa shape index (κ3) is 34.3. The normalized spacial score (nSPS) is 12.8. The number of methoxy groups -OCH3 is 2. The molecule has 7 nitrogen and oxygen atoms in total. The van der Waals surface area contributed by atoms with Crippen LogP contribution in [0, 0.1) is 5.92 Å². The summed E-state index contributed by atoms with van der Waals surface area (Å²) in [5.41, 5.74) is 15.1. The van der Waals surface area contributed by atoms with Gasteiger partial charge in [-0.25, -0.2) is 4.98 Å². The number of hydrogen-bond acceptors (Lipinski definition) is 9. The molecular formula is C49H74BrN3O4S2. The van der Waals surface area contributed by atoms with Gasteiger partial charge in [-0.3, -0.25) is 14.6 Å². The van der Waals surface area contributed by atoms with E-state index in [-0.39, 0.29) is 17.9 Å². The third-order valence-corrected chi connectivity index (χ3v) is 11.3. The summed E-state index contributed by atoms with van der Waals surface area (Å²) in [4.78, 5) is 31.5. The van der Waals surface area contributed by atoms with Crippen molar-refractivity contribution in [3.05, 3.63) is 129 Å². The standard InChI is InChI=1S/C25H37NO2S.C19H33NO2S.C5H4BrN/c1-20(2)10-8-11-21(3)12-9-13-22(4)15-17-29-19-23(25(27)28-5)18-24-14-6-7-16-26-24;1-15(2)8-6-9-16(3)10-7-11-17(4)12-13-23-14-18(20)19(21)22-5;6-5-3-1-2-4-7-5/h6-7,10,12,14-16,23H,8-9,11,13,17-19H2,1-5H3;8,10,12,18H,6-7,9,11,13-14,20H2,1-5H3;1-4H/b21-12+,22-15+;16-10+,17-12+;. The molecule has 2 rings (SSSR count). The number of nitrogens with zero attached hydrogens (tertiary/aromatic N) is 2. The Labute approximate surface area is 375 Å². The first-order valence-electron chi connectivity index (χ1n) is 20.6. The number of thioether (sulfide) groups is 2. The lowest BCUT2D eigenvalue weighted by Gasteiger charge is -2.13. The number of ether oxygens (including phenoxy) is 2. The predicted octanol–water partition coefficient (Wildman–Crippen LogP) is 13.0. The van der Waals surface area contributed by atoms with Crippen LogP contribution in [-0.4, -0.2) is 65.2 Å². The van der Waals surface area contributed by atoms with Gasteiger partial charge >= 0.3 is 11.9 Å². The number of esters is 2. The molecular weight excluding hydrogens is 839 g/mol. The highest BCUT2D eigenvalue weighted by Gasteiger charge is 2.20. The maximum Gasteiger partial charge on any atom is 0.323 e. The van der Waals surface area contributed by atoms with Crippen LogP contribution in [0.1, 0.15) is 112 Å². The summed E-state index contributed by atoms with van der Waals surface area (Å²) < 4.78 is 10.5. The first-order chi connectivity index (χ1) is 28.2. The van der Waals surface area contributed by atoms with Crippen LogP contribution in [0.15, 0.2) is 123 Å². The van der Waals surface area contributed by atoms with Gasteiger partial charge in [-0.05, 0) is 147 Å². The Kier molecular flexibility index (Phi) is 34.7. The van der Waals surface area contributed by atoms with Crippen molar-refractivity contribution in [3.8, 4) is 0 Å². The second-order valence-corrected chi connectivity index (χ2v) is 18.0. The molecule has 0 aliphatic carbocycles. The largest absolute Gasteiger partial charge is 0.469 e. The Morgan fingerprint density at radius 2 is 1.07 bits per heavy atom. The van der Waals surface area contributed by atoms with E-state index >= 15 is 0 Å². The SMILES string of the molecule is Brc1ccccn1.COC(=O)C(CSC/C=C(\C)CC/C=C(\C)CCC=C(C)C)Cc1ccccn1.COC(=O)C(N)CSC/C=C(\C)CC/C=C(\C)CCC=C(C)C. The lowest BCUT2D eigenvalue weighted by atomic mass is 10.1. The molecule has 2 heterocycles. The number of pyridine rings is 2. The zero-order valence-corrected chi connectivity index (χ0v) is 40.9. The van der Waals surface area contributed by atoms with Crippen molar-refractivity contribution in [1.82, 2.24) is 9.97 Å². The van der Waals surface area contributed by atoms with Gasteiger partial charge in [0, 0.05) is 47.5 Å². The first-order valence-corrected chi connectivity index (χ1v) is 23.7. The van der Waals surface area contributed by atoms with Crippen LogP contribution in [0.3, 0.4) is 0 Å². The summed E-state index contributed by atoms with van der Waals surface area (Å²) in [6.45, 7) is 17.4. The van der Waals surface area contributed by atoms with Crippen molar-refractivity contribution in [3.63, 3.8) is 0 Å². The topological polar surface area (TPSA) is 104 Å². The van der Waals surface area contributed by atoms with Gasteiger partial charge in [-0.2, -0.15) is 23.5 Å². The summed E-state index contributed by atoms with van der Waals surface area (Å²) in [5.74, 6) is 2.50. The van der Waals surface area contributed by atoms with Crippen molar-refractivity contribution < 1.29 is 19.1 Å². The van der Waals surface area contributed by atoms with E-state index in [1.54, 1.807) is 35.9 Å². The highest BCUT2D eigenvalue weighted by atomic mass is 79.9. The summed E-state index contributed by atoms with van der Waals surface area (Å²) in [7, 11) is 2.82. The lowest BCUT2D eigenvalue weighted by molar-refractivity contribution is -0.144. The molecule has 2 aromatic heterocycles. The fraction of sp³-hybridized carbons (Fsp3) is 0.510. The van der Waals surface area contributed by atoms with Crippen molar-refractivity contribution in [1.29, 1.82) is 0 Å². The van der Waals surface area contributed by atoms with Crippen LogP contribution >= 0.6 is 39.5 Å². The van der Waals surface area contributed by atoms with E-state index in [0.717, 1.165) is 78.9 Å². The van der Waals surface area contributed by atoms with Gasteiger partial charge in [0.05, 0.1) is 20.1 Å². The zero-order chi connectivity index (χ0) is 44.3. The van der Waals surface area contributed by atoms with Crippen molar-refractivity contribution in [2.75, 3.05) is 37.2 Å². The number of hydrogen-bond donors (Lipinski definition) is 1. The summed E-state index contributed by atoms with van der Waals surface area (Å²) >= 11 is 6.64. The zero-order valence-electron chi connectivity index (χ0n) is 37.7. The van der Waals surface area contributed by atoms with E-state index < -0.39 is 6.04 Å². The molecule has 10 heteroatoms. The lowest BCUT2D eigenvalue weighted by Crippen LogP contribution is -2.33. The van der Waals surface area contributed by atoms with E-state index in [4.69, 9.17) is 10.5 Å². The van der Waals surface area contributed by atoms with Gasteiger partial charge in [0.15, 0.2) is 0 Å². The molecule has 2 unspecified atom stereocenters. The molecule has 0 fully saturated rings. The first kappa shape index (κ1) is 55.8. The molecule has 0 aliphatic heterocycles. The van der Waals surface area contributed by atoms with Gasteiger partial charge in [0.1, 0.15) is 10.6 Å². The Morgan fingerprint density at radius 1 is 0.627 bits per heavy atom. The van der Waals surface area contributed by atoms with Crippen LogP contribution in [0.5, 0.6) is 0 Å². The number of carbonyl (C=O) groups excluding carboxylic acids is 2. The van der Waals surface area contributed by atoms with Gasteiger partial charge in [0.25, 0.3) is 0 Å². The Balaban J connectivity index is 0.000000993. The minimum atomic E-state index is -0.523. The Hall–Kier alpha value is -3.18. The average Bonchev–Trinajstić information content (AvgIpc) is 3.20. The molecule has 0 bridgehead atoms. The van der Waals surface area contributed by atoms with Crippen LogP contribution in [0.4, 0.5) is 0 Å². The fourth-order valence-electron chi connectivity index (χ4n) is 5.20. The number of aromatic nitrogens is 2. The Bertz CT molecular complexity index is 1610. The van der Waals surface area contributed by atoms with Crippen LogP contribution in [-0.2, 0) is 25.5 Å². The summed E-state index contributed by atoms with van der Waals surface area (Å²) in [5, 5.41) is 0. The molecule has 0 amide bonds. The van der Waals surface area contributed by atoms with E-state index in [1.807, 2.05) is 36.4 Å². The molecule has 0 aliphatic rings. The van der Waals surface area contributed by atoms with Gasteiger partial charge < -0.3 is 15.2 Å². The Morgan fingerprint density at radius 3 is 1.46 bits per heavy atom. The smallest absolute Gasteiger partial charge is 0.323 e. The van der Waals surface area contributed by atoms with E-state index in [9.17, 15) is 9.59 Å². The molecule has 0 spiro atoms. The number of halogens is 1. The van der Waals surface area contributed by atoms with Crippen molar-refractivity contribution >= 4 is 51.4 Å². The fourth-order valence-corrected chi connectivity index (χ4v) is 7.47. The average molecular weight is 913 g/mol. The van der Waals surface area contributed by atoms with Crippen LogP contribution in [0.2, 0.25) is 0 Å². The van der Waals surface area contributed by atoms with E-state index in [2.05, 4.69) is 122 Å². The van der Waals surface area contributed by atoms with Crippen molar-refractivity contribution in [2.45, 2.75) is 119 Å². The second-order valence-electron chi connectivity index (χ2n) is 15.0. The molecule has 2 N–H and O–H groups in total. The minimum Gasteiger partial charge on any atom is -0.469 e. The quantitative estimate of drug-likeness (QED) is 0.0477. The number of rotatable bonds is 24. The van der Waals surface area contributed by atoms with Crippen LogP contribution < -0.4 is 5.73 Å². The third-order valence-electron chi connectivity index (χ3n) is 8.81. The van der Waals surface area contributed by atoms with Gasteiger partial charge in [-0.15, -0.1) is 0 Å². The van der Waals surface area contributed by atoms with Gasteiger partial charge in [-0.1, -0.05) is 82.0 Å².